The maximum Gasteiger partial charge on any atom is 0.267 e. The number of hydrogen-bond acceptors (Lipinski definition) is 6. The van der Waals surface area contributed by atoms with Gasteiger partial charge in [-0.15, -0.1) is 0 Å². The highest BCUT2D eigenvalue weighted by molar-refractivity contribution is 7.91. The van der Waals surface area contributed by atoms with Gasteiger partial charge >= 0.3 is 0 Å². The number of sulfonamides is 1. The predicted octanol–water partition coefficient (Wildman–Crippen LogP) is 2.16. The Morgan fingerprint density at radius 1 is 1.07 bits per heavy atom. The molecule has 0 unspecified atom stereocenters. The first kappa shape index (κ1) is 20.3. The van der Waals surface area contributed by atoms with Crippen molar-refractivity contribution < 1.29 is 27.9 Å². The van der Waals surface area contributed by atoms with Gasteiger partial charge in [0.2, 0.25) is 10.0 Å². The van der Waals surface area contributed by atoms with Crippen LogP contribution in [0.25, 0.3) is 6.08 Å². The highest BCUT2D eigenvalue weighted by Gasteiger charge is 2.14. The minimum atomic E-state index is -3.64. The molecule has 0 saturated heterocycles. The standard InChI is InChI=1S/C18H20N2O6S/c1-25-16-9-5-14(11-17(16)26-2)12-27(23,24)20-15-7-3-13(4-8-15)6-10-18(21)19-22/h3-11,20,22H,12H2,1-2H3,(H,19,21)/b10-6-. The van der Waals surface area contributed by atoms with E-state index >= 15 is 0 Å². The van der Waals surface area contributed by atoms with E-state index in [-0.39, 0.29) is 5.75 Å². The summed E-state index contributed by atoms with van der Waals surface area (Å²) in [6, 6.07) is 11.3. The van der Waals surface area contributed by atoms with Gasteiger partial charge in [-0.25, -0.2) is 13.9 Å². The molecule has 2 aromatic carbocycles. The van der Waals surface area contributed by atoms with Crippen molar-refractivity contribution in [1.82, 2.24) is 5.48 Å². The number of carbonyl (C=O) groups is 1. The molecule has 2 rings (SSSR count). The van der Waals surface area contributed by atoms with E-state index in [1.807, 2.05) is 0 Å². The second-order valence-corrected chi connectivity index (χ2v) is 7.20. The first-order chi connectivity index (χ1) is 12.9. The summed E-state index contributed by atoms with van der Waals surface area (Å²) in [4.78, 5) is 10.9. The molecule has 0 aliphatic heterocycles. The number of anilines is 1. The lowest BCUT2D eigenvalue weighted by Gasteiger charge is -2.11. The highest BCUT2D eigenvalue weighted by Crippen LogP contribution is 2.28. The van der Waals surface area contributed by atoms with Crippen molar-refractivity contribution in [3.8, 4) is 11.5 Å². The molecule has 0 spiro atoms. The van der Waals surface area contributed by atoms with Crippen LogP contribution in [0.3, 0.4) is 0 Å². The van der Waals surface area contributed by atoms with Crippen LogP contribution in [0.15, 0.2) is 48.5 Å². The molecular weight excluding hydrogens is 372 g/mol. The average molecular weight is 392 g/mol. The molecule has 0 heterocycles. The van der Waals surface area contributed by atoms with Gasteiger partial charge in [0.1, 0.15) is 0 Å². The van der Waals surface area contributed by atoms with E-state index in [2.05, 4.69) is 4.72 Å². The number of hydroxylamine groups is 1. The van der Waals surface area contributed by atoms with Crippen LogP contribution in [0.4, 0.5) is 5.69 Å². The molecule has 144 valence electrons. The first-order valence-corrected chi connectivity index (χ1v) is 9.45. The second-order valence-electron chi connectivity index (χ2n) is 5.48. The third-order valence-electron chi connectivity index (χ3n) is 3.53. The number of benzene rings is 2. The molecule has 0 aliphatic carbocycles. The maximum atomic E-state index is 12.4. The monoisotopic (exact) mass is 392 g/mol. The van der Waals surface area contributed by atoms with Gasteiger partial charge in [0.25, 0.3) is 5.91 Å². The van der Waals surface area contributed by atoms with Gasteiger partial charge in [-0.05, 0) is 41.5 Å². The topological polar surface area (TPSA) is 114 Å². The summed E-state index contributed by atoms with van der Waals surface area (Å²) < 4.78 is 37.6. The largest absolute Gasteiger partial charge is 0.493 e. The molecule has 0 aromatic heterocycles. The summed E-state index contributed by atoms with van der Waals surface area (Å²) >= 11 is 0. The number of carbonyl (C=O) groups excluding carboxylic acids is 1. The van der Waals surface area contributed by atoms with Gasteiger partial charge < -0.3 is 9.47 Å². The third kappa shape index (κ3) is 6.01. The minimum Gasteiger partial charge on any atom is -0.493 e. The Morgan fingerprint density at radius 3 is 2.33 bits per heavy atom. The lowest BCUT2D eigenvalue weighted by Crippen LogP contribution is -2.15. The van der Waals surface area contributed by atoms with Crippen molar-refractivity contribution in [3.05, 3.63) is 59.7 Å². The molecule has 0 saturated carbocycles. The van der Waals surface area contributed by atoms with Crippen LogP contribution in [0, 0.1) is 0 Å². The molecular formula is C18H20N2O6S. The molecule has 0 bridgehead atoms. The zero-order valence-electron chi connectivity index (χ0n) is 14.8. The van der Waals surface area contributed by atoms with Gasteiger partial charge in [0.15, 0.2) is 11.5 Å². The van der Waals surface area contributed by atoms with Crippen molar-refractivity contribution in [3.63, 3.8) is 0 Å². The van der Waals surface area contributed by atoms with Crippen molar-refractivity contribution >= 4 is 27.7 Å². The SMILES string of the molecule is COc1ccc(CS(=O)(=O)Nc2ccc(/C=C\C(=O)NO)cc2)cc1OC. The highest BCUT2D eigenvalue weighted by atomic mass is 32.2. The van der Waals surface area contributed by atoms with Crippen LogP contribution in [0.5, 0.6) is 11.5 Å². The first-order valence-electron chi connectivity index (χ1n) is 7.80. The van der Waals surface area contributed by atoms with Crippen molar-refractivity contribution in [2.45, 2.75) is 5.75 Å². The number of ether oxygens (including phenoxy) is 2. The van der Waals surface area contributed by atoms with E-state index in [0.717, 1.165) is 6.08 Å². The quantitative estimate of drug-likeness (QED) is 0.360. The summed E-state index contributed by atoms with van der Waals surface area (Å²) in [6.45, 7) is 0. The Labute approximate surface area is 157 Å². The normalized spacial score (nSPS) is 11.2. The van der Waals surface area contributed by atoms with Gasteiger partial charge in [-0.1, -0.05) is 18.2 Å². The molecule has 8 nitrogen and oxygen atoms in total. The van der Waals surface area contributed by atoms with Crippen LogP contribution in [-0.2, 0) is 20.6 Å². The van der Waals surface area contributed by atoms with E-state index in [0.29, 0.717) is 28.3 Å². The van der Waals surface area contributed by atoms with E-state index < -0.39 is 15.9 Å². The summed E-state index contributed by atoms with van der Waals surface area (Å²) in [5.41, 5.74) is 3.09. The van der Waals surface area contributed by atoms with E-state index in [4.69, 9.17) is 14.7 Å². The molecule has 0 fully saturated rings. The van der Waals surface area contributed by atoms with E-state index in [1.165, 1.54) is 25.8 Å². The van der Waals surface area contributed by atoms with Crippen LogP contribution in [0.2, 0.25) is 0 Å². The van der Waals surface area contributed by atoms with Crippen molar-refractivity contribution in [2.24, 2.45) is 0 Å². The van der Waals surface area contributed by atoms with E-state index in [1.54, 1.807) is 42.5 Å². The third-order valence-corrected chi connectivity index (χ3v) is 4.79. The lowest BCUT2D eigenvalue weighted by atomic mass is 10.2. The Morgan fingerprint density at radius 2 is 1.74 bits per heavy atom. The van der Waals surface area contributed by atoms with Crippen LogP contribution < -0.4 is 19.7 Å². The number of methoxy groups -OCH3 is 2. The smallest absolute Gasteiger partial charge is 0.267 e. The van der Waals surface area contributed by atoms with Crippen molar-refractivity contribution in [1.29, 1.82) is 0 Å². The molecule has 1 amide bonds. The maximum absolute atomic E-state index is 12.4. The van der Waals surface area contributed by atoms with Crippen LogP contribution in [-0.4, -0.2) is 33.8 Å². The van der Waals surface area contributed by atoms with Gasteiger partial charge in [0.05, 0.1) is 20.0 Å². The predicted molar refractivity (Wildman–Crippen MR) is 101 cm³/mol. The molecule has 27 heavy (non-hydrogen) atoms. The van der Waals surface area contributed by atoms with Crippen molar-refractivity contribution in [2.75, 3.05) is 18.9 Å². The summed E-state index contributed by atoms with van der Waals surface area (Å²) in [7, 11) is -0.651. The van der Waals surface area contributed by atoms with Crippen LogP contribution in [0.1, 0.15) is 11.1 Å². The molecule has 9 heteroatoms. The summed E-state index contributed by atoms with van der Waals surface area (Å²) in [5.74, 6) is 0.0826. The lowest BCUT2D eigenvalue weighted by molar-refractivity contribution is -0.124. The fourth-order valence-corrected chi connectivity index (χ4v) is 3.46. The average Bonchev–Trinajstić information content (AvgIpc) is 2.66. The molecule has 0 atom stereocenters. The Kier molecular flexibility index (Phi) is 6.80. The second kappa shape index (κ2) is 9.06. The van der Waals surface area contributed by atoms with Gasteiger partial charge in [0, 0.05) is 11.8 Å². The number of amides is 1. The Balaban J connectivity index is 2.08. The fourth-order valence-electron chi connectivity index (χ4n) is 2.28. The number of hydrogen-bond donors (Lipinski definition) is 3. The van der Waals surface area contributed by atoms with E-state index in [9.17, 15) is 13.2 Å². The van der Waals surface area contributed by atoms with Crippen LogP contribution >= 0.6 is 0 Å². The Bertz CT molecular complexity index is 923. The molecule has 0 radical (unpaired) electrons. The minimum absolute atomic E-state index is 0.230. The van der Waals surface area contributed by atoms with Gasteiger partial charge in [-0.3, -0.25) is 14.7 Å². The fraction of sp³-hybridized carbons (Fsp3) is 0.167. The zero-order valence-corrected chi connectivity index (χ0v) is 15.6. The zero-order chi connectivity index (χ0) is 19.9. The summed E-state index contributed by atoms with van der Waals surface area (Å²) in [5, 5.41) is 8.43. The number of rotatable bonds is 8. The number of nitrogens with one attached hydrogen (secondary N) is 2. The molecule has 2 aromatic rings. The summed E-state index contributed by atoms with van der Waals surface area (Å²) in [6.07, 6.45) is 2.63. The van der Waals surface area contributed by atoms with Gasteiger partial charge in [-0.2, -0.15) is 0 Å². The Hall–Kier alpha value is -3.04. The molecule has 3 N–H and O–H groups in total. The molecule has 0 aliphatic rings.